The molecule has 1 aliphatic heterocycles. The predicted molar refractivity (Wildman–Crippen MR) is 74.7 cm³/mol. The second-order valence-corrected chi connectivity index (χ2v) is 5.97. The van der Waals surface area contributed by atoms with Gasteiger partial charge in [-0.2, -0.15) is 0 Å². The Balaban J connectivity index is 0.00000242. The summed E-state index contributed by atoms with van der Waals surface area (Å²) < 4.78 is 0. The van der Waals surface area contributed by atoms with E-state index in [2.05, 4.69) is 6.08 Å². The van der Waals surface area contributed by atoms with Gasteiger partial charge < -0.3 is 9.90 Å². The van der Waals surface area contributed by atoms with Crippen molar-refractivity contribution in [3.05, 3.63) is 23.3 Å². The van der Waals surface area contributed by atoms with Crippen molar-refractivity contribution in [3.8, 4) is 0 Å². The maximum atomic E-state index is 12.2. The summed E-state index contributed by atoms with van der Waals surface area (Å²) in [5.41, 5.74) is 2.45. The van der Waals surface area contributed by atoms with Crippen LogP contribution in [0.3, 0.4) is 0 Å². The van der Waals surface area contributed by atoms with Crippen LogP contribution in [-0.2, 0) is 14.4 Å². The first-order valence-corrected chi connectivity index (χ1v) is 7.26. The summed E-state index contributed by atoms with van der Waals surface area (Å²) >= 11 is 0. The number of carbonyl (C=O) groups is 3. The third kappa shape index (κ3) is 4.31. The van der Waals surface area contributed by atoms with Crippen LogP contribution in [0, 0.1) is 11.8 Å². The number of amides is 2. The Bertz CT molecular complexity index is 534. The van der Waals surface area contributed by atoms with Gasteiger partial charge in [-0.25, -0.2) is 0 Å². The van der Waals surface area contributed by atoms with Gasteiger partial charge in [-0.3, -0.25) is 14.5 Å². The molecule has 0 N–H and O–H groups in total. The Morgan fingerprint density at radius 3 is 2.55 bits per heavy atom. The smallest absolute Gasteiger partial charge is 0.548 e. The van der Waals surface area contributed by atoms with Gasteiger partial charge in [0.2, 0.25) is 11.8 Å². The van der Waals surface area contributed by atoms with Gasteiger partial charge in [-0.15, -0.1) is 0 Å². The van der Waals surface area contributed by atoms with E-state index >= 15 is 0 Å². The van der Waals surface area contributed by atoms with Crippen LogP contribution in [0.4, 0.5) is 0 Å². The second kappa shape index (κ2) is 8.09. The van der Waals surface area contributed by atoms with Gasteiger partial charge in [0.05, 0.1) is 24.3 Å². The number of hydrogen-bond donors (Lipinski definition) is 0. The maximum Gasteiger partial charge on any atom is 1.00 e. The third-order valence-electron chi connectivity index (χ3n) is 4.10. The van der Waals surface area contributed by atoms with Crippen LogP contribution < -0.4 is 34.7 Å². The number of fused-ring (bicyclic) bond motifs is 1. The number of carbonyl (C=O) groups excluding carboxylic acids is 3. The first kappa shape index (κ1) is 19.1. The fourth-order valence-corrected chi connectivity index (χ4v) is 3.04. The third-order valence-corrected chi connectivity index (χ3v) is 4.10. The van der Waals surface area contributed by atoms with Crippen molar-refractivity contribution in [1.29, 1.82) is 0 Å². The number of likely N-dealkylation sites (tertiary alicyclic amines) is 1. The number of hydrogen-bond acceptors (Lipinski definition) is 4. The van der Waals surface area contributed by atoms with Crippen molar-refractivity contribution in [3.63, 3.8) is 0 Å². The number of aliphatic carboxylic acids is 1. The average Bonchev–Trinajstić information content (AvgIpc) is 2.63. The van der Waals surface area contributed by atoms with Crippen molar-refractivity contribution in [2.24, 2.45) is 11.8 Å². The Kier molecular flexibility index (Phi) is 7.03. The molecule has 1 saturated heterocycles. The van der Waals surface area contributed by atoms with Gasteiger partial charge in [-0.1, -0.05) is 23.3 Å². The monoisotopic (exact) mass is 313 g/mol. The Morgan fingerprint density at radius 2 is 1.95 bits per heavy atom. The molecule has 22 heavy (non-hydrogen) atoms. The molecule has 0 radical (unpaired) electrons. The molecule has 0 saturated carbocycles. The van der Waals surface area contributed by atoms with Gasteiger partial charge in [0, 0.05) is 0 Å². The predicted octanol–water partition coefficient (Wildman–Crippen LogP) is -2.19. The van der Waals surface area contributed by atoms with Crippen LogP contribution in [0.25, 0.3) is 0 Å². The molecule has 0 bridgehead atoms. The summed E-state index contributed by atoms with van der Waals surface area (Å²) in [6, 6.07) is 0. The van der Waals surface area contributed by atoms with Crippen molar-refractivity contribution in [1.82, 2.24) is 4.90 Å². The molecule has 2 atom stereocenters. The minimum Gasteiger partial charge on any atom is -0.548 e. The van der Waals surface area contributed by atoms with E-state index in [1.165, 1.54) is 11.1 Å². The molecule has 0 spiro atoms. The van der Waals surface area contributed by atoms with Gasteiger partial charge in [0.1, 0.15) is 0 Å². The summed E-state index contributed by atoms with van der Waals surface area (Å²) in [5, 5.41) is 10.6. The zero-order valence-electron chi connectivity index (χ0n) is 13.4. The van der Waals surface area contributed by atoms with Crippen LogP contribution in [0.15, 0.2) is 23.3 Å². The molecule has 1 fully saturated rings. The molecular weight excluding hydrogens is 293 g/mol. The molecule has 5 nitrogen and oxygen atoms in total. The van der Waals surface area contributed by atoms with Crippen LogP contribution in [-0.4, -0.2) is 29.2 Å². The van der Waals surface area contributed by atoms with Crippen LogP contribution in [0.1, 0.15) is 39.5 Å². The van der Waals surface area contributed by atoms with Crippen LogP contribution in [0.2, 0.25) is 0 Å². The summed E-state index contributed by atoms with van der Waals surface area (Å²) in [5.74, 6) is -2.89. The molecule has 1 heterocycles. The molecular formula is C16H20NNaO4. The Hall–Kier alpha value is -0.910. The molecule has 2 amide bonds. The number of imide groups is 1. The number of carboxylic acids is 1. The fourth-order valence-electron chi connectivity index (χ4n) is 3.04. The Morgan fingerprint density at radius 1 is 1.32 bits per heavy atom. The minimum absolute atomic E-state index is 0. The Labute approximate surface area is 152 Å². The standard InChI is InChI=1S/C16H21NO4.Na/c1-10(2)4-3-5-11-6-7-12-13(8-11)16(21)17(15(12)20)9-14(18)19;/h4,6,12-13H,3,5,7-9H2,1-2H3,(H,18,19);/q;+1/p-1. The number of nitrogens with zero attached hydrogens (tertiary/aromatic N) is 1. The summed E-state index contributed by atoms with van der Waals surface area (Å²) in [7, 11) is 0. The zero-order valence-corrected chi connectivity index (χ0v) is 15.4. The fraction of sp³-hybridized carbons (Fsp3) is 0.562. The largest absolute Gasteiger partial charge is 1.00 e. The first-order chi connectivity index (χ1) is 9.90. The van der Waals surface area contributed by atoms with Crippen molar-refractivity contribution < 1.29 is 49.0 Å². The summed E-state index contributed by atoms with van der Waals surface area (Å²) in [6.45, 7) is 3.46. The van der Waals surface area contributed by atoms with Crippen molar-refractivity contribution >= 4 is 17.8 Å². The van der Waals surface area contributed by atoms with Crippen LogP contribution >= 0.6 is 0 Å². The summed E-state index contributed by atoms with van der Waals surface area (Å²) in [6.07, 6.45) is 7.09. The summed E-state index contributed by atoms with van der Waals surface area (Å²) in [4.78, 5) is 35.7. The molecule has 114 valence electrons. The van der Waals surface area contributed by atoms with E-state index in [0.29, 0.717) is 12.8 Å². The molecule has 1 aliphatic carbocycles. The molecule has 2 unspecified atom stereocenters. The number of carboxylic acid groups (broad SMARTS) is 1. The first-order valence-electron chi connectivity index (χ1n) is 7.26. The normalized spacial score (nSPS) is 23.5. The molecule has 2 aliphatic rings. The van der Waals surface area contributed by atoms with E-state index in [4.69, 9.17) is 0 Å². The number of rotatable bonds is 5. The topological polar surface area (TPSA) is 77.5 Å². The minimum atomic E-state index is -1.40. The van der Waals surface area contributed by atoms with Gasteiger partial charge >= 0.3 is 29.6 Å². The molecule has 2 rings (SSSR count). The van der Waals surface area contributed by atoms with Crippen molar-refractivity contribution in [2.45, 2.75) is 39.5 Å². The molecule has 0 aromatic heterocycles. The van der Waals surface area contributed by atoms with Crippen LogP contribution in [0.5, 0.6) is 0 Å². The van der Waals surface area contributed by atoms with E-state index in [1.54, 1.807) is 0 Å². The van der Waals surface area contributed by atoms with E-state index in [0.717, 1.165) is 17.7 Å². The molecule has 0 aromatic rings. The molecule has 0 aromatic carbocycles. The van der Waals surface area contributed by atoms with E-state index < -0.39 is 12.5 Å². The van der Waals surface area contributed by atoms with E-state index in [9.17, 15) is 19.5 Å². The second-order valence-electron chi connectivity index (χ2n) is 5.97. The zero-order chi connectivity index (χ0) is 15.6. The average molecular weight is 313 g/mol. The van der Waals surface area contributed by atoms with Crippen molar-refractivity contribution in [2.75, 3.05) is 6.54 Å². The van der Waals surface area contributed by atoms with Gasteiger partial charge in [0.25, 0.3) is 0 Å². The number of allylic oxidation sites excluding steroid dienone is 4. The van der Waals surface area contributed by atoms with E-state index in [-0.39, 0.29) is 53.2 Å². The van der Waals surface area contributed by atoms with E-state index in [1.807, 2.05) is 19.9 Å². The van der Waals surface area contributed by atoms with Gasteiger partial charge in [-0.05, 0) is 39.5 Å². The molecule has 6 heteroatoms. The SMILES string of the molecule is CC(C)=CCCC1=CCC2C(=O)N(CC(=O)[O-])C(=O)C2C1.[Na+]. The quantitative estimate of drug-likeness (QED) is 0.328. The maximum absolute atomic E-state index is 12.2. The van der Waals surface area contributed by atoms with Gasteiger partial charge in [0.15, 0.2) is 0 Å².